The molecule has 0 saturated heterocycles. The number of hydrogen-bond donors (Lipinski definition) is 2. The second kappa shape index (κ2) is 10.2. The highest BCUT2D eigenvalue weighted by Crippen LogP contribution is 2.36. The maximum absolute atomic E-state index is 10.3. The van der Waals surface area contributed by atoms with Gasteiger partial charge in [0.1, 0.15) is 0 Å². The normalized spacial score (nSPS) is 13.3. The molecule has 0 aliphatic heterocycles. The minimum Gasteiger partial charge on any atom is -0.407 e. The van der Waals surface area contributed by atoms with E-state index in [0.29, 0.717) is 25.9 Å². The predicted octanol–water partition coefficient (Wildman–Crippen LogP) is 3.64. The Labute approximate surface area is 170 Å². The van der Waals surface area contributed by atoms with Crippen molar-refractivity contribution in [2.75, 3.05) is 13.2 Å². The summed E-state index contributed by atoms with van der Waals surface area (Å²) >= 11 is 0. The van der Waals surface area contributed by atoms with Crippen molar-refractivity contribution in [1.82, 2.24) is 0 Å². The highest BCUT2D eigenvalue weighted by Gasteiger charge is 2.49. The average molecular weight is 399 g/mol. The fourth-order valence-electron chi connectivity index (χ4n) is 3.70. The van der Waals surface area contributed by atoms with Crippen LogP contribution in [0.4, 0.5) is 0 Å². The lowest BCUT2D eigenvalue weighted by Crippen LogP contribution is -2.66. The number of benzene rings is 2. The molecule has 0 bridgehead atoms. The molecule has 2 N–H and O–H groups in total. The van der Waals surface area contributed by atoms with Gasteiger partial charge in [-0.2, -0.15) is 0 Å². The molecule has 0 aromatic heterocycles. The summed E-state index contributed by atoms with van der Waals surface area (Å²) in [5.74, 6) is 0. The van der Waals surface area contributed by atoms with Gasteiger partial charge in [0.05, 0.1) is 12.7 Å². The Hall–Kier alpha value is -1.72. The van der Waals surface area contributed by atoms with E-state index in [1.165, 1.54) is 10.4 Å². The van der Waals surface area contributed by atoms with Crippen LogP contribution in [0.2, 0.25) is 5.04 Å². The van der Waals surface area contributed by atoms with Crippen LogP contribution >= 0.6 is 0 Å². The molecule has 1 unspecified atom stereocenters. The fraction of sp³-hybridized carbons (Fsp3) is 0.417. The number of rotatable bonds is 10. The molecule has 0 amide bonds. The summed E-state index contributed by atoms with van der Waals surface area (Å²) in [6, 6.07) is 21.1. The van der Waals surface area contributed by atoms with E-state index >= 15 is 0 Å². The summed E-state index contributed by atoms with van der Waals surface area (Å²) in [4.78, 5) is 0. The van der Waals surface area contributed by atoms with Crippen LogP contribution in [-0.4, -0.2) is 37.8 Å². The van der Waals surface area contributed by atoms with E-state index in [2.05, 4.69) is 75.9 Å². The van der Waals surface area contributed by atoms with Crippen molar-refractivity contribution in [3.05, 3.63) is 72.8 Å². The molecule has 3 nitrogen and oxygen atoms in total. The monoisotopic (exact) mass is 398 g/mol. The first-order valence-electron chi connectivity index (χ1n) is 10.0. The summed E-state index contributed by atoms with van der Waals surface area (Å²) in [5.41, 5.74) is 0.756. The molecule has 0 radical (unpaired) electrons. The SMILES string of the molecule is C=C(CO)CCC(O)CCO[Si](c1ccccc1)(c1ccccc1)C(C)(C)C. The van der Waals surface area contributed by atoms with E-state index in [4.69, 9.17) is 9.53 Å². The third kappa shape index (κ3) is 5.42. The fourth-order valence-corrected chi connectivity index (χ4v) is 8.28. The van der Waals surface area contributed by atoms with Gasteiger partial charge in [0, 0.05) is 6.61 Å². The van der Waals surface area contributed by atoms with E-state index in [9.17, 15) is 5.11 Å². The van der Waals surface area contributed by atoms with Crippen molar-refractivity contribution >= 4 is 18.7 Å². The second-order valence-electron chi connectivity index (χ2n) is 8.40. The number of aliphatic hydroxyl groups is 2. The van der Waals surface area contributed by atoms with Crippen LogP contribution in [0.15, 0.2) is 72.8 Å². The van der Waals surface area contributed by atoms with E-state index in [1.54, 1.807) is 0 Å². The molecule has 0 aliphatic carbocycles. The van der Waals surface area contributed by atoms with Gasteiger partial charge in [-0.1, -0.05) is 93.6 Å². The number of hydrogen-bond acceptors (Lipinski definition) is 3. The van der Waals surface area contributed by atoms with Crippen molar-refractivity contribution in [2.45, 2.75) is 51.2 Å². The van der Waals surface area contributed by atoms with Crippen molar-refractivity contribution in [1.29, 1.82) is 0 Å². The zero-order chi connectivity index (χ0) is 20.6. The summed E-state index contributed by atoms with van der Waals surface area (Å²) in [6.45, 7) is 11.0. The minimum atomic E-state index is -2.54. The lowest BCUT2D eigenvalue weighted by atomic mass is 10.1. The summed E-state index contributed by atoms with van der Waals surface area (Å²) in [6.07, 6.45) is 1.35. The van der Waals surface area contributed by atoms with Crippen LogP contribution in [0.5, 0.6) is 0 Å². The molecule has 152 valence electrons. The van der Waals surface area contributed by atoms with Gasteiger partial charge in [0.2, 0.25) is 0 Å². The highest BCUT2D eigenvalue weighted by molar-refractivity contribution is 6.99. The van der Waals surface area contributed by atoms with Gasteiger partial charge >= 0.3 is 0 Å². The summed E-state index contributed by atoms with van der Waals surface area (Å²) < 4.78 is 6.78. The van der Waals surface area contributed by atoms with E-state index in [1.807, 2.05) is 12.1 Å². The van der Waals surface area contributed by atoms with Gasteiger partial charge in [-0.25, -0.2) is 0 Å². The lowest BCUT2D eigenvalue weighted by molar-refractivity contribution is 0.127. The Bertz CT molecular complexity index is 683. The molecule has 4 heteroatoms. The summed E-state index contributed by atoms with van der Waals surface area (Å²) in [5, 5.41) is 21.8. The Balaban J connectivity index is 2.26. The maximum atomic E-state index is 10.3. The van der Waals surface area contributed by atoms with Gasteiger partial charge in [-0.05, 0) is 34.7 Å². The van der Waals surface area contributed by atoms with Gasteiger partial charge in [-0.3, -0.25) is 0 Å². The van der Waals surface area contributed by atoms with E-state index < -0.39 is 14.4 Å². The molecule has 0 spiro atoms. The number of aliphatic hydroxyl groups excluding tert-OH is 2. The molecule has 0 heterocycles. The Morgan fingerprint density at radius 2 is 1.46 bits per heavy atom. The Kier molecular flexibility index (Phi) is 8.19. The third-order valence-corrected chi connectivity index (χ3v) is 10.3. The highest BCUT2D eigenvalue weighted by atomic mass is 28.4. The summed E-state index contributed by atoms with van der Waals surface area (Å²) in [7, 11) is -2.54. The van der Waals surface area contributed by atoms with Crippen molar-refractivity contribution in [3.8, 4) is 0 Å². The first-order chi connectivity index (χ1) is 13.3. The molecule has 2 rings (SSSR count). The first-order valence-corrected chi connectivity index (χ1v) is 11.9. The second-order valence-corrected chi connectivity index (χ2v) is 12.7. The standard InChI is InChI=1S/C24H34O3Si/c1-20(19-25)15-16-21(26)17-18-27-28(24(2,3)4,22-11-7-5-8-12-22)23-13-9-6-10-14-23/h5-14,21,25-26H,1,15-19H2,2-4H3. The van der Waals surface area contributed by atoms with E-state index in [-0.39, 0.29) is 11.6 Å². The van der Waals surface area contributed by atoms with Crippen molar-refractivity contribution in [3.63, 3.8) is 0 Å². The van der Waals surface area contributed by atoms with Gasteiger partial charge in [-0.15, -0.1) is 0 Å². The molecular weight excluding hydrogens is 364 g/mol. The molecule has 0 aliphatic rings. The third-order valence-electron chi connectivity index (χ3n) is 5.24. The van der Waals surface area contributed by atoms with Gasteiger partial charge < -0.3 is 14.6 Å². The lowest BCUT2D eigenvalue weighted by Gasteiger charge is -2.43. The van der Waals surface area contributed by atoms with Crippen LogP contribution in [-0.2, 0) is 4.43 Å². The zero-order valence-corrected chi connectivity index (χ0v) is 18.4. The molecule has 2 aromatic rings. The van der Waals surface area contributed by atoms with E-state index in [0.717, 1.165) is 5.57 Å². The molecule has 0 saturated carbocycles. The topological polar surface area (TPSA) is 49.7 Å². The average Bonchev–Trinajstić information content (AvgIpc) is 2.69. The van der Waals surface area contributed by atoms with Gasteiger partial charge in [0.25, 0.3) is 8.32 Å². The molecule has 1 atom stereocenters. The predicted molar refractivity (Wildman–Crippen MR) is 120 cm³/mol. The maximum Gasteiger partial charge on any atom is 0.261 e. The smallest absolute Gasteiger partial charge is 0.261 e. The molecule has 28 heavy (non-hydrogen) atoms. The van der Waals surface area contributed by atoms with Crippen LogP contribution in [0.1, 0.15) is 40.0 Å². The van der Waals surface area contributed by atoms with Crippen molar-refractivity contribution in [2.24, 2.45) is 0 Å². The van der Waals surface area contributed by atoms with Gasteiger partial charge in [0.15, 0.2) is 0 Å². The van der Waals surface area contributed by atoms with Crippen molar-refractivity contribution < 1.29 is 14.6 Å². The zero-order valence-electron chi connectivity index (χ0n) is 17.4. The molecular formula is C24H34O3Si. The van der Waals surface area contributed by atoms with Crippen LogP contribution in [0.3, 0.4) is 0 Å². The van der Waals surface area contributed by atoms with Crippen LogP contribution in [0, 0.1) is 0 Å². The Morgan fingerprint density at radius 1 is 0.964 bits per heavy atom. The van der Waals surface area contributed by atoms with Crippen LogP contribution < -0.4 is 10.4 Å². The minimum absolute atomic E-state index is 0.0225. The molecule has 0 fully saturated rings. The first kappa shape index (κ1) is 22.6. The molecule has 2 aromatic carbocycles. The Morgan fingerprint density at radius 3 is 1.89 bits per heavy atom. The van der Waals surface area contributed by atoms with Crippen LogP contribution in [0.25, 0.3) is 0 Å². The quantitative estimate of drug-likeness (QED) is 0.474. The largest absolute Gasteiger partial charge is 0.407 e.